The fourth-order valence-electron chi connectivity index (χ4n) is 1.42. The van der Waals surface area contributed by atoms with Crippen LogP contribution in [0.15, 0.2) is 0 Å². The Morgan fingerprint density at radius 2 is 1.94 bits per heavy atom. The summed E-state index contributed by atoms with van der Waals surface area (Å²) in [5, 5.41) is 11.4. The number of carbonyl (C=O) groups is 2. The van der Waals surface area contributed by atoms with Crippen molar-refractivity contribution in [3.63, 3.8) is 0 Å². The zero-order valence-electron chi connectivity index (χ0n) is 10.5. The van der Waals surface area contributed by atoms with Crippen molar-refractivity contribution in [3.8, 4) is 0 Å². The van der Waals surface area contributed by atoms with E-state index in [1.54, 1.807) is 11.9 Å². The number of hydrogen-bond donors (Lipinski definition) is 2. The molecule has 0 aliphatic carbocycles. The minimum atomic E-state index is -0.890. The molecule has 16 heavy (non-hydrogen) atoms. The van der Waals surface area contributed by atoms with Crippen molar-refractivity contribution in [2.24, 2.45) is 5.92 Å². The normalized spacial score (nSPS) is 12.3. The number of carboxylic acid groups (broad SMARTS) is 1. The van der Waals surface area contributed by atoms with Crippen LogP contribution in [-0.2, 0) is 4.79 Å². The molecule has 0 fully saturated rings. The van der Waals surface area contributed by atoms with Crippen LogP contribution in [-0.4, -0.2) is 41.6 Å². The summed E-state index contributed by atoms with van der Waals surface area (Å²) < 4.78 is 0. The van der Waals surface area contributed by atoms with Gasteiger partial charge < -0.3 is 15.3 Å². The van der Waals surface area contributed by atoms with Gasteiger partial charge in [0.25, 0.3) is 0 Å². The summed E-state index contributed by atoms with van der Waals surface area (Å²) in [4.78, 5) is 23.8. The van der Waals surface area contributed by atoms with E-state index in [4.69, 9.17) is 5.11 Å². The maximum absolute atomic E-state index is 11.7. The molecule has 0 radical (unpaired) electrons. The molecule has 0 bridgehead atoms. The van der Waals surface area contributed by atoms with Crippen molar-refractivity contribution in [1.29, 1.82) is 0 Å². The fourth-order valence-corrected chi connectivity index (χ4v) is 1.42. The van der Waals surface area contributed by atoms with Crippen LogP contribution >= 0.6 is 0 Å². The first kappa shape index (κ1) is 14.7. The number of nitrogens with zero attached hydrogens (tertiary/aromatic N) is 1. The molecule has 94 valence electrons. The molecule has 1 atom stereocenters. The molecule has 0 rings (SSSR count). The third-order valence-corrected chi connectivity index (χ3v) is 2.23. The highest BCUT2D eigenvalue weighted by atomic mass is 16.4. The maximum Gasteiger partial charge on any atom is 0.317 e. The third-order valence-electron chi connectivity index (χ3n) is 2.23. The standard InChI is InChI=1S/C11H22N2O3/c1-5-9(6-10(14)15)12-11(16)13(4)7-8(2)3/h8-9H,5-7H2,1-4H3,(H,12,16)(H,14,15). The second-order valence-electron chi connectivity index (χ2n) is 4.43. The smallest absolute Gasteiger partial charge is 0.317 e. The van der Waals surface area contributed by atoms with Gasteiger partial charge in [-0.25, -0.2) is 4.79 Å². The topological polar surface area (TPSA) is 69.6 Å². The van der Waals surface area contributed by atoms with Crippen LogP contribution in [0.2, 0.25) is 0 Å². The van der Waals surface area contributed by atoms with Gasteiger partial charge in [-0.3, -0.25) is 4.79 Å². The molecular weight excluding hydrogens is 208 g/mol. The molecule has 0 aliphatic heterocycles. The average molecular weight is 230 g/mol. The van der Waals surface area contributed by atoms with Gasteiger partial charge in [-0.15, -0.1) is 0 Å². The Kier molecular flexibility index (Phi) is 6.53. The van der Waals surface area contributed by atoms with Crippen molar-refractivity contribution >= 4 is 12.0 Å². The Balaban J connectivity index is 4.13. The van der Waals surface area contributed by atoms with E-state index in [9.17, 15) is 9.59 Å². The van der Waals surface area contributed by atoms with Crippen LogP contribution in [0.1, 0.15) is 33.6 Å². The lowest BCUT2D eigenvalue weighted by Gasteiger charge is -2.23. The molecule has 0 saturated heterocycles. The van der Waals surface area contributed by atoms with Crippen LogP contribution in [0.25, 0.3) is 0 Å². The molecule has 2 amide bonds. The molecule has 2 N–H and O–H groups in total. The summed E-state index contributed by atoms with van der Waals surface area (Å²) in [5.41, 5.74) is 0. The molecule has 0 aromatic rings. The van der Waals surface area contributed by atoms with Gasteiger partial charge in [0.1, 0.15) is 0 Å². The minimum absolute atomic E-state index is 0.0300. The van der Waals surface area contributed by atoms with Gasteiger partial charge in [-0.1, -0.05) is 20.8 Å². The molecule has 0 aromatic heterocycles. The van der Waals surface area contributed by atoms with E-state index < -0.39 is 5.97 Å². The number of rotatable bonds is 6. The number of carbonyl (C=O) groups excluding carboxylic acids is 1. The van der Waals surface area contributed by atoms with Crippen LogP contribution in [0.4, 0.5) is 4.79 Å². The molecule has 5 heteroatoms. The van der Waals surface area contributed by atoms with Crippen LogP contribution in [0.5, 0.6) is 0 Å². The number of nitrogens with one attached hydrogen (secondary N) is 1. The number of urea groups is 1. The Morgan fingerprint density at radius 1 is 1.38 bits per heavy atom. The Bertz CT molecular complexity index is 241. The number of amides is 2. The Morgan fingerprint density at radius 3 is 2.31 bits per heavy atom. The molecule has 0 spiro atoms. The van der Waals surface area contributed by atoms with Crippen LogP contribution in [0.3, 0.4) is 0 Å². The van der Waals surface area contributed by atoms with Gasteiger partial charge in [-0.05, 0) is 12.3 Å². The Labute approximate surface area is 96.8 Å². The molecule has 5 nitrogen and oxygen atoms in total. The lowest BCUT2D eigenvalue weighted by molar-refractivity contribution is -0.137. The van der Waals surface area contributed by atoms with Gasteiger partial charge in [0, 0.05) is 19.6 Å². The summed E-state index contributed by atoms with van der Waals surface area (Å²) in [6.07, 6.45) is 0.589. The van der Waals surface area contributed by atoms with Crippen LogP contribution < -0.4 is 5.32 Å². The quantitative estimate of drug-likeness (QED) is 0.727. The highest BCUT2D eigenvalue weighted by Crippen LogP contribution is 2.01. The molecule has 0 heterocycles. The van der Waals surface area contributed by atoms with E-state index >= 15 is 0 Å². The highest BCUT2D eigenvalue weighted by molar-refractivity contribution is 5.75. The predicted octanol–water partition coefficient (Wildman–Crippen LogP) is 1.54. The first-order valence-electron chi connectivity index (χ1n) is 5.60. The second-order valence-corrected chi connectivity index (χ2v) is 4.43. The average Bonchev–Trinajstić information content (AvgIpc) is 2.14. The zero-order chi connectivity index (χ0) is 12.7. The first-order chi connectivity index (χ1) is 7.36. The van der Waals surface area contributed by atoms with Crippen molar-refractivity contribution in [2.75, 3.05) is 13.6 Å². The number of hydrogen-bond acceptors (Lipinski definition) is 2. The van der Waals surface area contributed by atoms with E-state index in [1.165, 1.54) is 0 Å². The summed E-state index contributed by atoms with van der Waals surface area (Å²) in [7, 11) is 1.71. The molecule has 0 aliphatic rings. The van der Waals surface area contributed by atoms with E-state index in [0.717, 1.165) is 0 Å². The lowest BCUT2D eigenvalue weighted by Crippen LogP contribution is -2.44. The highest BCUT2D eigenvalue weighted by Gasteiger charge is 2.16. The maximum atomic E-state index is 11.7. The second kappa shape index (κ2) is 7.09. The largest absolute Gasteiger partial charge is 0.481 e. The first-order valence-corrected chi connectivity index (χ1v) is 5.60. The van der Waals surface area contributed by atoms with Gasteiger partial charge >= 0.3 is 12.0 Å². The van der Waals surface area contributed by atoms with E-state index in [2.05, 4.69) is 5.32 Å². The lowest BCUT2D eigenvalue weighted by atomic mass is 10.1. The SMILES string of the molecule is CCC(CC(=O)O)NC(=O)N(C)CC(C)C. The zero-order valence-corrected chi connectivity index (χ0v) is 10.5. The molecule has 0 saturated carbocycles. The van der Waals surface area contributed by atoms with Crippen molar-refractivity contribution in [1.82, 2.24) is 10.2 Å². The van der Waals surface area contributed by atoms with Gasteiger partial charge in [0.15, 0.2) is 0 Å². The number of carboxylic acids is 1. The monoisotopic (exact) mass is 230 g/mol. The van der Waals surface area contributed by atoms with Crippen molar-refractivity contribution in [2.45, 2.75) is 39.7 Å². The summed E-state index contributed by atoms with van der Waals surface area (Å²) in [5.74, 6) is -0.492. The molecule has 1 unspecified atom stereocenters. The predicted molar refractivity (Wildman–Crippen MR) is 62.3 cm³/mol. The van der Waals surface area contributed by atoms with E-state index in [0.29, 0.717) is 18.9 Å². The van der Waals surface area contributed by atoms with E-state index in [1.807, 2.05) is 20.8 Å². The molecule has 0 aromatic carbocycles. The van der Waals surface area contributed by atoms with E-state index in [-0.39, 0.29) is 18.5 Å². The van der Waals surface area contributed by atoms with Crippen LogP contribution in [0, 0.1) is 5.92 Å². The van der Waals surface area contributed by atoms with Crippen molar-refractivity contribution < 1.29 is 14.7 Å². The third kappa shape index (κ3) is 6.27. The Hall–Kier alpha value is -1.26. The van der Waals surface area contributed by atoms with Gasteiger partial charge in [-0.2, -0.15) is 0 Å². The fraction of sp³-hybridized carbons (Fsp3) is 0.818. The summed E-state index contributed by atoms with van der Waals surface area (Å²) in [6, 6.07) is -0.499. The summed E-state index contributed by atoms with van der Waals surface area (Å²) in [6.45, 7) is 6.57. The summed E-state index contributed by atoms with van der Waals surface area (Å²) >= 11 is 0. The van der Waals surface area contributed by atoms with Gasteiger partial charge in [0.05, 0.1) is 6.42 Å². The van der Waals surface area contributed by atoms with Gasteiger partial charge in [0.2, 0.25) is 0 Å². The minimum Gasteiger partial charge on any atom is -0.481 e. The number of aliphatic carboxylic acids is 1. The molecular formula is C11H22N2O3. The van der Waals surface area contributed by atoms with Crippen molar-refractivity contribution in [3.05, 3.63) is 0 Å².